The zero-order chi connectivity index (χ0) is 18.4. The number of ether oxygens (including phenoxy) is 1. The van der Waals surface area contributed by atoms with Gasteiger partial charge in [0.15, 0.2) is 0 Å². The molecule has 4 nitrogen and oxygen atoms in total. The summed E-state index contributed by atoms with van der Waals surface area (Å²) in [7, 11) is 1.28. The Balaban J connectivity index is 2.25. The van der Waals surface area contributed by atoms with Crippen LogP contribution in [0.4, 0.5) is 8.78 Å². The molecule has 0 radical (unpaired) electrons. The largest absolute Gasteiger partial charge is 0.469 e. The van der Waals surface area contributed by atoms with Crippen molar-refractivity contribution in [2.24, 2.45) is 5.92 Å². The van der Waals surface area contributed by atoms with Gasteiger partial charge in [-0.2, -0.15) is 0 Å². The number of rotatable bonds is 6. The maximum atomic E-state index is 13.4. The van der Waals surface area contributed by atoms with Crippen molar-refractivity contribution in [3.8, 4) is 0 Å². The summed E-state index contributed by atoms with van der Waals surface area (Å²) in [4.78, 5) is 25.9. The predicted octanol–water partition coefficient (Wildman–Crippen LogP) is 3.42. The van der Waals surface area contributed by atoms with Crippen LogP contribution in [0, 0.1) is 17.6 Å². The fourth-order valence-corrected chi connectivity index (χ4v) is 2.44. The number of benzene rings is 2. The fraction of sp³-hybridized carbons (Fsp3) is 0.263. The van der Waals surface area contributed by atoms with Crippen molar-refractivity contribution in [3.05, 3.63) is 71.3 Å². The molecule has 132 valence electrons. The standard InChI is InChI=1S/C19H19F2NO3/c1-13(19(24)25-2)11-22(12-14-6-8-16(20)9-7-14)18(23)15-4-3-5-17(21)10-15/h3-10,13H,11-12H2,1-2H3. The number of nitrogens with zero attached hydrogens (tertiary/aromatic N) is 1. The summed E-state index contributed by atoms with van der Waals surface area (Å²) in [5.74, 6) is -2.32. The van der Waals surface area contributed by atoms with E-state index in [1.165, 1.54) is 42.3 Å². The Bertz CT molecular complexity index is 747. The van der Waals surface area contributed by atoms with Crippen molar-refractivity contribution < 1.29 is 23.1 Å². The third-order valence-corrected chi connectivity index (χ3v) is 3.74. The second-order valence-corrected chi connectivity index (χ2v) is 5.75. The van der Waals surface area contributed by atoms with E-state index in [9.17, 15) is 18.4 Å². The highest BCUT2D eigenvalue weighted by Gasteiger charge is 2.23. The van der Waals surface area contributed by atoms with Crippen LogP contribution >= 0.6 is 0 Å². The highest BCUT2D eigenvalue weighted by molar-refractivity contribution is 5.94. The first kappa shape index (κ1) is 18.6. The Morgan fingerprint density at radius 1 is 1.08 bits per heavy atom. The molecule has 0 N–H and O–H groups in total. The molecule has 1 unspecified atom stereocenters. The minimum absolute atomic E-state index is 0.0966. The van der Waals surface area contributed by atoms with Crippen LogP contribution < -0.4 is 0 Å². The molecule has 6 heteroatoms. The molecule has 0 aliphatic rings. The molecule has 1 atom stereocenters. The molecule has 0 fully saturated rings. The molecular weight excluding hydrogens is 328 g/mol. The number of halogens is 2. The Morgan fingerprint density at radius 3 is 2.36 bits per heavy atom. The van der Waals surface area contributed by atoms with Gasteiger partial charge in [-0.25, -0.2) is 8.78 Å². The number of amides is 1. The number of methoxy groups -OCH3 is 1. The van der Waals surface area contributed by atoms with E-state index in [4.69, 9.17) is 4.74 Å². The third kappa shape index (κ3) is 5.11. The third-order valence-electron chi connectivity index (χ3n) is 3.74. The summed E-state index contributed by atoms with van der Waals surface area (Å²) >= 11 is 0. The molecule has 2 aromatic carbocycles. The summed E-state index contributed by atoms with van der Waals surface area (Å²) in [6.45, 7) is 1.90. The van der Waals surface area contributed by atoms with Gasteiger partial charge < -0.3 is 9.64 Å². The zero-order valence-electron chi connectivity index (χ0n) is 14.0. The predicted molar refractivity (Wildman–Crippen MR) is 88.7 cm³/mol. The van der Waals surface area contributed by atoms with E-state index in [2.05, 4.69) is 0 Å². The molecule has 0 heterocycles. The summed E-state index contributed by atoms with van der Waals surface area (Å²) < 4.78 is 31.2. The van der Waals surface area contributed by atoms with Crippen LogP contribution in [0.15, 0.2) is 48.5 Å². The summed E-state index contributed by atoms with van der Waals surface area (Å²) in [5, 5.41) is 0. The molecule has 0 bridgehead atoms. The van der Waals surface area contributed by atoms with Crippen molar-refractivity contribution in [1.29, 1.82) is 0 Å². The number of esters is 1. The van der Waals surface area contributed by atoms with Gasteiger partial charge in [0, 0.05) is 18.7 Å². The van der Waals surface area contributed by atoms with Crippen molar-refractivity contribution in [2.75, 3.05) is 13.7 Å². The molecule has 25 heavy (non-hydrogen) atoms. The topological polar surface area (TPSA) is 46.6 Å². The molecule has 0 saturated heterocycles. The van der Waals surface area contributed by atoms with Gasteiger partial charge in [0.25, 0.3) is 5.91 Å². The Hall–Kier alpha value is -2.76. The SMILES string of the molecule is COC(=O)C(C)CN(Cc1ccc(F)cc1)C(=O)c1cccc(F)c1. The summed E-state index contributed by atoms with van der Waals surface area (Å²) in [6, 6.07) is 11.1. The monoisotopic (exact) mass is 347 g/mol. The van der Waals surface area contributed by atoms with Gasteiger partial charge in [0.05, 0.1) is 13.0 Å². The van der Waals surface area contributed by atoms with Gasteiger partial charge in [0.2, 0.25) is 0 Å². The van der Waals surface area contributed by atoms with Crippen molar-refractivity contribution >= 4 is 11.9 Å². The minimum Gasteiger partial charge on any atom is -0.469 e. The molecule has 0 saturated carbocycles. The highest BCUT2D eigenvalue weighted by atomic mass is 19.1. The van der Waals surface area contributed by atoms with Crippen LogP contribution in [-0.2, 0) is 16.1 Å². The smallest absolute Gasteiger partial charge is 0.310 e. The van der Waals surface area contributed by atoms with Gasteiger partial charge in [0.1, 0.15) is 11.6 Å². The van der Waals surface area contributed by atoms with Crippen LogP contribution in [0.1, 0.15) is 22.8 Å². The molecule has 0 aliphatic heterocycles. The molecule has 2 aromatic rings. The van der Waals surface area contributed by atoms with E-state index in [0.29, 0.717) is 5.56 Å². The van der Waals surface area contributed by atoms with E-state index < -0.39 is 23.6 Å². The first-order valence-electron chi connectivity index (χ1n) is 7.78. The van der Waals surface area contributed by atoms with Gasteiger partial charge in [-0.15, -0.1) is 0 Å². The summed E-state index contributed by atoms with van der Waals surface area (Å²) in [5.41, 5.74) is 0.877. The Kier molecular flexibility index (Phi) is 6.22. The number of hydrogen-bond donors (Lipinski definition) is 0. The lowest BCUT2D eigenvalue weighted by atomic mass is 10.1. The summed E-state index contributed by atoms with van der Waals surface area (Å²) in [6.07, 6.45) is 0. The van der Waals surface area contributed by atoms with E-state index in [-0.39, 0.29) is 24.5 Å². The number of carbonyl (C=O) groups is 2. The lowest BCUT2D eigenvalue weighted by Gasteiger charge is -2.25. The second kappa shape index (κ2) is 8.37. The number of carbonyl (C=O) groups excluding carboxylic acids is 2. The maximum absolute atomic E-state index is 13.4. The van der Waals surface area contributed by atoms with Gasteiger partial charge in [-0.3, -0.25) is 9.59 Å². The van der Waals surface area contributed by atoms with Gasteiger partial charge in [-0.1, -0.05) is 25.1 Å². The quantitative estimate of drug-likeness (QED) is 0.752. The van der Waals surface area contributed by atoms with Crippen LogP contribution in [0.3, 0.4) is 0 Å². The first-order chi connectivity index (χ1) is 11.9. The average molecular weight is 347 g/mol. The van der Waals surface area contributed by atoms with E-state index >= 15 is 0 Å². The van der Waals surface area contributed by atoms with E-state index in [1.54, 1.807) is 19.1 Å². The molecule has 2 rings (SSSR count). The Labute approximate surface area is 145 Å². The zero-order valence-corrected chi connectivity index (χ0v) is 14.0. The van der Waals surface area contributed by atoms with Crippen LogP contribution in [0.2, 0.25) is 0 Å². The highest BCUT2D eigenvalue weighted by Crippen LogP contribution is 2.15. The minimum atomic E-state index is -0.553. The molecule has 0 spiro atoms. The normalized spacial score (nSPS) is 11.7. The lowest BCUT2D eigenvalue weighted by Crippen LogP contribution is -2.37. The van der Waals surface area contributed by atoms with Gasteiger partial charge >= 0.3 is 5.97 Å². The van der Waals surface area contributed by atoms with Crippen LogP contribution in [0.25, 0.3) is 0 Å². The van der Waals surface area contributed by atoms with E-state index in [1.807, 2.05) is 0 Å². The number of hydrogen-bond acceptors (Lipinski definition) is 3. The fourth-order valence-electron chi connectivity index (χ4n) is 2.44. The van der Waals surface area contributed by atoms with Gasteiger partial charge in [-0.05, 0) is 35.9 Å². The molecule has 1 amide bonds. The van der Waals surface area contributed by atoms with Crippen LogP contribution in [-0.4, -0.2) is 30.4 Å². The first-order valence-corrected chi connectivity index (χ1v) is 7.78. The van der Waals surface area contributed by atoms with E-state index in [0.717, 1.165) is 6.07 Å². The van der Waals surface area contributed by atoms with Crippen molar-refractivity contribution in [2.45, 2.75) is 13.5 Å². The second-order valence-electron chi connectivity index (χ2n) is 5.75. The molecule has 0 aliphatic carbocycles. The van der Waals surface area contributed by atoms with Crippen molar-refractivity contribution in [1.82, 2.24) is 4.90 Å². The maximum Gasteiger partial charge on any atom is 0.310 e. The van der Waals surface area contributed by atoms with Crippen LogP contribution in [0.5, 0.6) is 0 Å². The van der Waals surface area contributed by atoms with Crippen molar-refractivity contribution in [3.63, 3.8) is 0 Å². The average Bonchev–Trinajstić information content (AvgIpc) is 2.61. The Morgan fingerprint density at radius 2 is 1.76 bits per heavy atom. The molecule has 0 aromatic heterocycles. The lowest BCUT2D eigenvalue weighted by molar-refractivity contribution is -0.145. The molecular formula is C19H19F2NO3.